The molecule has 8 heteroatoms. The second-order valence-corrected chi connectivity index (χ2v) is 6.65. The molecule has 0 spiro atoms. The molecule has 0 bridgehead atoms. The van der Waals surface area contributed by atoms with Gasteiger partial charge in [-0.05, 0) is 39.0 Å². The van der Waals surface area contributed by atoms with Crippen LogP contribution in [-0.2, 0) is 12.1 Å². The summed E-state index contributed by atoms with van der Waals surface area (Å²) in [5.41, 5.74) is -1.49. The van der Waals surface area contributed by atoms with Gasteiger partial charge < -0.3 is 15.3 Å². The molecule has 2 N–H and O–H groups in total. The Balaban J connectivity index is 1.87. The van der Waals surface area contributed by atoms with Crippen LogP contribution in [0.5, 0.6) is 0 Å². The lowest BCUT2D eigenvalue weighted by atomic mass is 9.91. The number of aromatic nitrogens is 3. The van der Waals surface area contributed by atoms with Gasteiger partial charge in [-0.15, -0.1) is 0 Å². The van der Waals surface area contributed by atoms with E-state index >= 15 is 0 Å². The van der Waals surface area contributed by atoms with Crippen molar-refractivity contribution in [2.24, 2.45) is 0 Å². The Bertz CT molecular complexity index is 690. The molecule has 6 nitrogen and oxygen atoms in total. The van der Waals surface area contributed by atoms with Crippen LogP contribution in [-0.4, -0.2) is 57.5 Å². The van der Waals surface area contributed by atoms with Crippen molar-refractivity contribution >= 4 is 0 Å². The van der Waals surface area contributed by atoms with Crippen LogP contribution in [0.2, 0.25) is 0 Å². The van der Waals surface area contributed by atoms with Gasteiger partial charge in [-0.25, -0.2) is 18.4 Å². The van der Waals surface area contributed by atoms with Crippen molar-refractivity contribution < 1.29 is 13.9 Å². The van der Waals surface area contributed by atoms with Crippen molar-refractivity contribution in [2.75, 3.05) is 26.7 Å². The lowest BCUT2D eigenvalue weighted by Gasteiger charge is -2.38. The Morgan fingerprint density at radius 3 is 2.76 bits per heavy atom. The minimum atomic E-state index is -1.55. The number of hydrogen-bond acceptors (Lipinski definition) is 5. The predicted molar refractivity (Wildman–Crippen MR) is 88.8 cm³/mol. The minimum Gasteiger partial charge on any atom is -0.382 e. The normalized spacial score (nSPS) is 18.4. The molecule has 3 rings (SSSR count). The maximum absolute atomic E-state index is 14.4. The van der Waals surface area contributed by atoms with Crippen LogP contribution in [0.25, 0.3) is 0 Å². The topological polar surface area (TPSA) is 66.2 Å². The van der Waals surface area contributed by atoms with E-state index in [1.165, 1.54) is 23.4 Å². The van der Waals surface area contributed by atoms with E-state index in [0.717, 1.165) is 38.1 Å². The summed E-state index contributed by atoms with van der Waals surface area (Å²) in [6.07, 6.45) is 4.75. The van der Waals surface area contributed by atoms with Crippen LogP contribution in [0.1, 0.15) is 18.4 Å². The van der Waals surface area contributed by atoms with Crippen LogP contribution in [0.3, 0.4) is 0 Å². The van der Waals surface area contributed by atoms with Gasteiger partial charge in [-0.2, -0.15) is 5.10 Å². The molecule has 1 unspecified atom stereocenters. The summed E-state index contributed by atoms with van der Waals surface area (Å²) in [5.74, 6) is -1.43. The molecule has 0 saturated carbocycles. The molecule has 136 valence electrons. The van der Waals surface area contributed by atoms with Gasteiger partial charge in [0.05, 0.1) is 6.54 Å². The van der Waals surface area contributed by atoms with Crippen molar-refractivity contribution in [3.8, 4) is 0 Å². The first kappa shape index (κ1) is 17.9. The van der Waals surface area contributed by atoms with E-state index < -0.39 is 17.2 Å². The highest BCUT2D eigenvalue weighted by Crippen LogP contribution is 2.28. The van der Waals surface area contributed by atoms with Gasteiger partial charge in [0.1, 0.15) is 29.9 Å². The zero-order chi connectivity index (χ0) is 17.9. The van der Waals surface area contributed by atoms with Gasteiger partial charge >= 0.3 is 0 Å². The SMILES string of the molecule is CN(CC(O)(Cn1cncn1)c1ccc(F)cc1F)C1CCNCC1. The van der Waals surface area contributed by atoms with Gasteiger partial charge in [-0.1, -0.05) is 6.07 Å². The van der Waals surface area contributed by atoms with Crippen molar-refractivity contribution in [3.05, 3.63) is 48.1 Å². The molecule has 1 aliphatic rings. The van der Waals surface area contributed by atoms with Crippen LogP contribution in [0.4, 0.5) is 8.78 Å². The average molecular weight is 351 g/mol. The van der Waals surface area contributed by atoms with E-state index in [1.54, 1.807) is 0 Å². The van der Waals surface area contributed by atoms with E-state index in [0.29, 0.717) is 6.04 Å². The largest absolute Gasteiger partial charge is 0.382 e. The third kappa shape index (κ3) is 4.20. The molecule has 1 fully saturated rings. The van der Waals surface area contributed by atoms with Crippen LogP contribution in [0.15, 0.2) is 30.9 Å². The summed E-state index contributed by atoms with van der Waals surface area (Å²) in [6, 6.07) is 3.56. The van der Waals surface area contributed by atoms with Crippen molar-refractivity contribution in [1.82, 2.24) is 25.0 Å². The van der Waals surface area contributed by atoms with Gasteiger partial charge in [0, 0.05) is 24.2 Å². The molecule has 2 aromatic rings. The average Bonchev–Trinajstić information content (AvgIpc) is 3.08. The zero-order valence-electron chi connectivity index (χ0n) is 14.2. The molecule has 1 aliphatic heterocycles. The monoisotopic (exact) mass is 351 g/mol. The lowest BCUT2D eigenvalue weighted by Crippen LogP contribution is -2.49. The number of halogens is 2. The van der Waals surface area contributed by atoms with Gasteiger partial charge in [0.15, 0.2) is 0 Å². The Morgan fingerprint density at radius 1 is 1.36 bits per heavy atom. The quantitative estimate of drug-likeness (QED) is 0.817. The molecule has 0 radical (unpaired) electrons. The lowest BCUT2D eigenvalue weighted by molar-refractivity contribution is -0.0276. The second-order valence-electron chi connectivity index (χ2n) is 6.65. The molecule has 0 amide bonds. The zero-order valence-corrected chi connectivity index (χ0v) is 14.2. The third-order valence-corrected chi connectivity index (χ3v) is 4.77. The molecular formula is C17H23F2N5O. The Kier molecular flexibility index (Phi) is 5.41. The smallest absolute Gasteiger partial charge is 0.137 e. The van der Waals surface area contributed by atoms with Crippen LogP contribution in [0, 0.1) is 11.6 Å². The highest BCUT2D eigenvalue weighted by molar-refractivity contribution is 5.25. The highest BCUT2D eigenvalue weighted by Gasteiger charge is 2.36. The molecular weight excluding hydrogens is 328 g/mol. The van der Waals surface area contributed by atoms with E-state index in [1.807, 2.05) is 11.9 Å². The predicted octanol–water partition coefficient (Wildman–Crippen LogP) is 1.13. The number of nitrogens with one attached hydrogen (secondary N) is 1. The fraction of sp³-hybridized carbons (Fsp3) is 0.529. The van der Waals surface area contributed by atoms with Gasteiger partial charge in [0.2, 0.25) is 0 Å². The van der Waals surface area contributed by atoms with Gasteiger partial charge in [0.25, 0.3) is 0 Å². The first-order chi connectivity index (χ1) is 12.0. The Labute approximate surface area is 145 Å². The summed E-state index contributed by atoms with van der Waals surface area (Å²) in [6.45, 7) is 2.08. The fourth-order valence-corrected chi connectivity index (χ4v) is 3.46. The summed E-state index contributed by atoms with van der Waals surface area (Å²) >= 11 is 0. The standard InChI is InChI=1S/C17H23F2N5O/c1-23(14-4-6-20-7-5-14)9-17(25,10-24-12-21-11-22-24)15-3-2-13(18)8-16(15)19/h2-3,8,11-12,14,20,25H,4-7,9-10H2,1H3. The molecule has 1 aromatic heterocycles. The number of likely N-dealkylation sites (N-methyl/N-ethyl adjacent to an activating group) is 1. The Hall–Kier alpha value is -1.90. The van der Waals surface area contributed by atoms with E-state index in [2.05, 4.69) is 15.4 Å². The van der Waals surface area contributed by atoms with E-state index in [9.17, 15) is 13.9 Å². The fourth-order valence-electron chi connectivity index (χ4n) is 3.46. The molecule has 25 heavy (non-hydrogen) atoms. The maximum atomic E-state index is 14.4. The number of benzene rings is 1. The molecule has 2 heterocycles. The summed E-state index contributed by atoms with van der Waals surface area (Å²) < 4.78 is 29.2. The summed E-state index contributed by atoms with van der Waals surface area (Å²) in [5, 5.41) is 18.6. The number of rotatable bonds is 6. The Morgan fingerprint density at radius 2 is 2.12 bits per heavy atom. The molecule has 0 aliphatic carbocycles. The second kappa shape index (κ2) is 7.55. The van der Waals surface area contributed by atoms with Gasteiger partial charge in [-0.3, -0.25) is 0 Å². The first-order valence-electron chi connectivity index (χ1n) is 8.39. The van der Waals surface area contributed by atoms with Crippen molar-refractivity contribution in [3.63, 3.8) is 0 Å². The third-order valence-electron chi connectivity index (χ3n) is 4.77. The molecule has 1 saturated heterocycles. The first-order valence-corrected chi connectivity index (χ1v) is 8.39. The maximum Gasteiger partial charge on any atom is 0.137 e. The number of aliphatic hydroxyl groups is 1. The van der Waals surface area contributed by atoms with Crippen molar-refractivity contribution in [2.45, 2.75) is 31.0 Å². The van der Waals surface area contributed by atoms with E-state index in [4.69, 9.17) is 0 Å². The van der Waals surface area contributed by atoms with Crippen LogP contribution >= 0.6 is 0 Å². The van der Waals surface area contributed by atoms with Crippen molar-refractivity contribution in [1.29, 1.82) is 0 Å². The molecule has 1 atom stereocenters. The molecule has 1 aromatic carbocycles. The number of piperidine rings is 1. The number of nitrogens with zero attached hydrogens (tertiary/aromatic N) is 4. The van der Waals surface area contributed by atoms with E-state index in [-0.39, 0.29) is 18.7 Å². The summed E-state index contributed by atoms with van der Waals surface area (Å²) in [4.78, 5) is 5.91. The number of hydrogen-bond donors (Lipinski definition) is 2. The minimum absolute atomic E-state index is 0.0326. The highest BCUT2D eigenvalue weighted by atomic mass is 19.1. The van der Waals surface area contributed by atoms with Crippen LogP contribution < -0.4 is 5.32 Å². The summed E-state index contributed by atoms with van der Waals surface area (Å²) in [7, 11) is 1.92.